The van der Waals surface area contributed by atoms with Crippen molar-refractivity contribution in [2.24, 2.45) is 5.73 Å². The molecule has 0 aliphatic rings. The highest BCUT2D eigenvalue weighted by Gasteiger charge is 2.14. The molecule has 0 aromatic heterocycles. The Labute approximate surface area is 74.8 Å². The van der Waals surface area contributed by atoms with Crippen molar-refractivity contribution in [3.8, 4) is 0 Å². The lowest BCUT2D eigenvalue weighted by atomic mass is 10.1. The summed E-state index contributed by atoms with van der Waals surface area (Å²) in [7, 11) is 0. The van der Waals surface area contributed by atoms with Crippen LogP contribution in [-0.4, -0.2) is 11.7 Å². The Morgan fingerprint density at radius 3 is 2.75 bits per heavy atom. The fraction of sp³-hybridized carbons (Fsp3) is 0.250. The standard InChI is InChI=1S/C8H9ClFNO/c9-5-2-1-3-6(10)8(5)7(12)4-11/h1-3,7,12H,4,11H2. The van der Waals surface area contributed by atoms with Crippen LogP contribution in [0.4, 0.5) is 4.39 Å². The second-order valence-electron chi connectivity index (χ2n) is 2.39. The molecule has 4 heteroatoms. The van der Waals surface area contributed by atoms with Gasteiger partial charge in [0.25, 0.3) is 0 Å². The van der Waals surface area contributed by atoms with Gasteiger partial charge in [-0.05, 0) is 12.1 Å². The van der Waals surface area contributed by atoms with Crippen LogP contribution >= 0.6 is 11.6 Å². The molecule has 0 saturated heterocycles. The highest BCUT2D eigenvalue weighted by Crippen LogP contribution is 2.24. The second kappa shape index (κ2) is 3.85. The maximum Gasteiger partial charge on any atom is 0.130 e. The van der Waals surface area contributed by atoms with E-state index in [1.54, 1.807) is 0 Å². The number of aliphatic hydroxyl groups excluding tert-OH is 1. The first-order valence-corrected chi connectivity index (χ1v) is 3.86. The van der Waals surface area contributed by atoms with Gasteiger partial charge in [-0.1, -0.05) is 17.7 Å². The Balaban J connectivity index is 3.12. The van der Waals surface area contributed by atoms with E-state index in [-0.39, 0.29) is 17.1 Å². The summed E-state index contributed by atoms with van der Waals surface area (Å²) in [6.45, 7) is -0.0410. The van der Waals surface area contributed by atoms with Crippen LogP contribution in [0.1, 0.15) is 11.7 Å². The molecule has 0 aliphatic heterocycles. The van der Waals surface area contributed by atoms with Gasteiger partial charge in [-0.2, -0.15) is 0 Å². The fourth-order valence-corrected chi connectivity index (χ4v) is 1.24. The zero-order chi connectivity index (χ0) is 9.14. The van der Waals surface area contributed by atoms with Crippen LogP contribution in [0.2, 0.25) is 5.02 Å². The SMILES string of the molecule is NCC(O)c1c(F)cccc1Cl. The first-order chi connectivity index (χ1) is 5.66. The van der Waals surface area contributed by atoms with Crippen LogP contribution in [0.25, 0.3) is 0 Å². The summed E-state index contributed by atoms with van der Waals surface area (Å²) in [6.07, 6.45) is -1.03. The minimum Gasteiger partial charge on any atom is -0.387 e. The van der Waals surface area contributed by atoms with E-state index in [2.05, 4.69) is 0 Å². The number of aliphatic hydroxyl groups is 1. The molecular formula is C8H9ClFNO. The average Bonchev–Trinajstić information content (AvgIpc) is 2.03. The van der Waals surface area contributed by atoms with Gasteiger partial charge < -0.3 is 10.8 Å². The molecule has 1 unspecified atom stereocenters. The van der Waals surface area contributed by atoms with Gasteiger partial charge in [0.2, 0.25) is 0 Å². The lowest BCUT2D eigenvalue weighted by molar-refractivity contribution is 0.182. The predicted octanol–water partition coefficient (Wildman–Crippen LogP) is 1.47. The molecule has 2 nitrogen and oxygen atoms in total. The summed E-state index contributed by atoms with van der Waals surface area (Å²) < 4.78 is 13.0. The Morgan fingerprint density at radius 1 is 1.58 bits per heavy atom. The molecule has 0 saturated carbocycles. The number of hydrogen-bond acceptors (Lipinski definition) is 2. The fourth-order valence-electron chi connectivity index (χ4n) is 0.947. The third-order valence-corrected chi connectivity index (χ3v) is 1.89. The lowest BCUT2D eigenvalue weighted by Gasteiger charge is -2.10. The van der Waals surface area contributed by atoms with Gasteiger partial charge in [-0.15, -0.1) is 0 Å². The van der Waals surface area contributed by atoms with Gasteiger partial charge >= 0.3 is 0 Å². The van der Waals surface area contributed by atoms with E-state index in [9.17, 15) is 9.50 Å². The summed E-state index contributed by atoms with van der Waals surface area (Å²) in [6, 6.07) is 4.23. The molecule has 1 aromatic rings. The highest BCUT2D eigenvalue weighted by molar-refractivity contribution is 6.31. The summed E-state index contributed by atoms with van der Waals surface area (Å²) in [5, 5.41) is 9.44. The van der Waals surface area contributed by atoms with Crippen LogP contribution in [0, 0.1) is 5.82 Å². The molecule has 1 rings (SSSR count). The van der Waals surface area contributed by atoms with Crippen molar-refractivity contribution in [2.75, 3.05) is 6.54 Å². The van der Waals surface area contributed by atoms with E-state index >= 15 is 0 Å². The Hall–Kier alpha value is -0.640. The van der Waals surface area contributed by atoms with Crippen molar-refractivity contribution in [1.29, 1.82) is 0 Å². The minimum absolute atomic E-state index is 0.0410. The van der Waals surface area contributed by atoms with Gasteiger partial charge in [0.1, 0.15) is 5.82 Å². The average molecular weight is 190 g/mol. The maximum atomic E-state index is 13.0. The molecule has 0 heterocycles. The molecule has 0 spiro atoms. The highest BCUT2D eigenvalue weighted by atomic mass is 35.5. The third kappa shape index (κ3) is 1.75. The van der Waals surface area contributed by atoms with Gasteiger partial charge in [0, 0.05) is 17.1 Å². The molecule has 12 heavy (non-hydrogen) atoms. The first kappa shape index (κ1) is 9.45. The smallest absolute Gasteiger partial charge is 0.130 e. The third-order valence-electron chi connectivity index (χ3n) is 1.56. The Kier molecular flexibility index (Phi) is 3.03. The first-order valence-electron chi connectivity index (χ1n) is 3.49. The maximum absolute atomic E-state index is 13.0. The molecule has 1 aromatic carbocycles. The zero-order valence-electron chi connectivity index (χ0n) is 6.30. The topological polar surface area (TPSA) is 46.2 Å². The second-order valence-corrected chi connectivity index (χ2v) is 2.79. The van der Waals surface area contributed by atoms with Gasteiger partial charge in [-0.25, -0.2) is 4.39 Å². The molecule has 0 aliphatic carbocycles. The van der Waals surface area contributed by atoms with Crippen LogP contribution in [-0.2, 0) is 0 Å². The van der Waals surface area contributed by atoms with Crippen molar-refractivity contribution in [3.63, 3.8) is 0 Å². The normalized spacial score (nSPS) is 13.0. The Bertz CT molecular complexity index is 260. The van der Waals surface area contributed by atoms with Gasteiger partial charge in [-0.3, -0.25) is 0 Å². The molecule has 66 valence electrons. The van der Waals surface area contributed by atoms with E-state index < -0.39 is 11.9 Å². The summed E-state index contributed by atoms with van der Waals surface area (Å²) >= 11 is 5.65. The Morgan fingerprint density at radius 2 is 2.25 bits per heavy atom. The molecule has 3 N–H and O–H groups in total. The van der Waals surface area contributed by atoms with Crippen LogP contribution < -0.4 is 5.73 Å². The zero-order valence-corrected chi connectivity index (χ0v) is 7.05. The number of rotatable bonds is 2. The summed E-state index contributed by atoms with van der Waals surface area (Å²) in [5.41, 5.74) is 5.24. The van der Waals surface area contributed by atoms with Crippen molar-refractivity contribution < 1.29 is 9.50 Å². The number of hydrogen-bond donors (Lipinski definition) is 2. The lowest BCUT2D eigenvalue weighted by Crippen LogP contribution is -2.13. The van der Waals surface area contributed by atoms with Crippen LogP contribution in [0.15, 0.2) is 18.2 Å². The predicted molar refractivity (Wildman–Crippen MR) is 45.4 cm³/mol. The molecular weight excluding hydrogens is 181 g/mol. The van der Waals surface area contributed by atoms with Gasteiger partial charge in [0.15, 0.2) is 0 Å². The van der Waals surface area contributed by atoms with E-state index in [4.69, 9.17) is 17.3 Å². The van der Waals surface area contributed by atoms with Crippen LogP contribution in [0.3, 0.4) is 0 Å². The monoisotopic (exact) mass is 189 g/mol. The molecule has 0 amide bonds. The molecule has 0 fully saturated rings. The molecule has 0 radical (unpaired) electrons. The van der Waals surface area contributed by atoms with E-state index in [1.807, 2.05) is 0 Å². The number of nitrogens with two attached hydrogens (primary N) is 1. The molecule has 1 atom stereocenters. The van der Waals surface area contributed by atoms with Crippen molar-refractivity contribution in [2.45, 2.75) is 6.10 Å². The van der Waals surface area contributed by atoms with E-state index in [0.29, 0.717) is 0 Å². The van der Waals surface area contributed by atoms with E-state index in [0.717, 1.165) is 0 Å². The van der Waals surface area contributed by atoms with Crippen molar-refractivity contribution >= 4 is 11.6 Å². The quantitative estimate of drug-likeness (QED) is 0.740. The number of benzene rings is 1. The summed E-state index contributed by atoms with van der Waals surface area (Å²) in [5.74, 6) is -0.527. The number of halogens is 2. The molecule has 0 bridgehead atoms. The summed E-state index contributed by atoms with van der Waals surface area (Å²) in [4.78, 5) is 0. The van der Waals surface area contributed by atoms with Crippen LogP contribution in [0.5, 0.6) is 0 Å². The minimum atomic E-state index is -1.03. The van der Waals surface area contributed by atoms with E-state index in [1.165, 1.54) is 18.2 Å². The van der Waals surface area contributed by atoms with Crippen molar-refractivity contribution in [3.05, 3.63) is 34.6 Å². The largest absolute Gasteiger partial charge is 0.387 e. The van der Waals surface area contributed by atoms with Crippen molar-refractivity contribution in [1.82, 2.24) is 0 Å². The van der Waals surface area contributed by atoms with Gasteiger partial charge in [0.05, 0.1) is 6.10 Å².